The minimum absolute atomic E-state index is 0.0943. The molecule has 11 heteroatoms. The third-order valence-corrected chi connectivity index (χ3v) is 3.74. The Balaban J connectivity index is 2.89. The zero-order chi connectivity index (χ0) is 25.4. The van der Waals surface area contributed by atoms with E-state index in [4.69, 9.17) is 9.47 Å². The number of nitrogens with one attached hydrogen (secondary N) is 3. The largest absolute Gasteiger partial charge is 0.471 e. The lowest BCUT2D eigenvalue weighted by Gasteiger charge is -2.20. The highest BCUT2D eigenvalue weighted by molar-refractivity contribution is 5.81. The SMILES string of the molecule is CC(C)(C)OC(=O)NCc1cc(CCNC(=O)C(F)(F)F)cc(CNC(=O)OC(C)(C)C)c1. The molecule has 0 aliphatic carbocycles. The lowest BCUT2D eigenvalue weighted by atomic mass is 10.0. The van der Waals surface area contributed by atoms with E-state index in [0.29, 0.717) is 16.7 Å². The van der Waals surface area contributed by atoms with Gasteiger partial charge in [-0.05, 0) is 64.7 Å². The molecule has 0 heterocycles. The molecule has 0 aromatic heterocycles. The molecule has 0 aliphatic rings. The van der Waals surface area contributed by atoms with E-state index in [2.05, 4.69) is 10.6 Å². The van der Waals surface area contributed by atoms with Gasteiger partial charge < -0.3 is 25.4 Å². The van der Waals surface area contributed by atoms with Crippen molar-refractivity contribution in [2.75, 3.05) is 6.54 Å². The van der Waals surface area contributed by atoms with E-state index >= 15 is 0 Å². The highest BCUT2D eigenvalue weighted by atomic mass is 19.4. The molecule has 0 fully saturated rings. The number of halogens is 3. The first-order valence-electron chi connectivity index (χ1n) is 10.3. The molecule has 186 valence electrons. The molecule has 0 spiro atoms. The molecule has 1 aromatic carbocycles. The summed E-state index contributed by atoms with van der Waals surface area (Å²) in [5.74, 6) is -2.02. The number of carbonyl (C=O) groups is 3. The summed E-state index contributed by atoms with van der Waals surface area (Å²) in [7, 11) is 0. The number of hydrogen-bond acceptors (Lipinski definition) is 5. The number of carbonyl (C=O) groups excluding carboxylic acids is 3. The summed E-state index contributed by atoms with van der Waals surface area (Å²) in [6, 6.07) is 5.11. The minimum Gasteiger partial charge on any atom is -0.444 e. The maximum atomic E-state index is 12.4. The number of alkyl halides is 3. The molecule has 0 aliphatic heterocycles. The molecule has 1 rings (SSSR count). The van der Waals surface area contributed by atoms with Gasteiger partial charge in [-0.1, -0.05) is 18.2 Å². The van der Waals surface area contributed by atoms with Crippen LogP contribution < -0.4 is 16.0 Å². The Labute approximate surface area is 191 Å². The van der Waals surface area contributed by atoms with Crippen LogP contribution in [0.3, 0.4) is 0 Å². The average Bonchev–Trinajstić information content (AvgIpc) is 2.61. The Morgan fingerprint density at radius 2 is 1.12 bits per heavy atom. The molecule has 0 bridgehead atoms. The lowest BCUT2D eigenvalue weighted by molar-refractivity contribution is -0.173. The second-order valence-corrected chi connectivity index (χ2v) is 9.37. The highest BCUT2D eigenvalue weighted by Gasteiger charge is 2.38. The van der Waals surface area contributed by atoms with Crippen molar-refractivity contribution in [2.24, 2.45) is 0 Å². The summed E-state index contributed by atoms with van der Waals surface area (Å²) in [4.78, 5) is 34.9. The molecule has 3 amide bonds. The first-order chi connectivity index (χ1) is 14.9. The van der Waals surface area contributed by atoms with Crippen molar-refractivity contribution in [3.8, 4) is 0 Å². The quantitative estimate of drug-likeness (QED) is 0.554. The fourth-order valence-electron chi connectivity index (χ4n) is 2.59. The summed E-state index contributed by atoms with van der Waals surface area (Å²) in [6.45, 7) is 10.3. The van der Waals surface area contributed by atoms with E-state index in [0.717, 1.165) is 0 Å². The van der Waals surface area contributed by atoms with Gasteiger partial charge in [0.05, 0.1) is 0 Å². The van der Waals surface area contributed by atoms with Gasteiger partial charge in [0, 0.05) is 19.6 Å². The molecular formula is C22H32F3N3O5. The Morgan fingerprint density at radius 1 is 0.727 bits per heavy atom. The van der Waals surface area contributed by atoms with Crippen molar-refractivity contribution in [3.05, 3.63) is 34.9 Å². The number of alkyl carbamates (subject to hydrolysis) is 2. The van der Waals surface area contributed by atoms with Crippen LogP contribution in [-0.2, 0) is 33.8 Å². The normalized spacial score (nSPS) is 12.0. The maximum Gasteiger partial charge on any atom is 0.471 e. The molecule has 0 saturated carbocycles. The fraction of sp³-hybridized carbons (Fsp3) is 0.591. The van der Waals surface area contributed by atoms with Gasteiger partial charge in [-0.25, -0.2) is 9.59 Å². The number of ether oxygens (including phenoxy) is 2. The summed E-state index contributed by atoms with van der Waals surface area (Å²) in [5, 5.41) is 7.04. The molecule has 1 aromatic rings. The number of benzene rings is 1. The van der Waals surface area contributed by atoms with Crippen LogP contribution in [0.25, 0.3) is 0 Å². The molecule has 33 heavy (non-hydrogen) atoms. The Morgan fingerprint density at radius 3 is 1.48 bits per heavy atom. The van der Waals surface area contributed by atoms with Gasteiger partial charge in [-0.15, -0.1) is 0 Å². The third-order valence-electron chi connectivity index (χ3n) is 3.74. The van der Waals surface area contributed by atoms with E-state index < -0.39 is 35.5 Å². The molecular weight excluding hydrogens is 443 g/mol. The maximum absolute atomic E-state index is 12.4. The first kappa shape index (κ1) is 28.1. The number of rotatable bonds is 7. The predicted octanol–water partition coefficient (Wildman–Crippen LogP) is 3.96. The standard InChI is InChI=1S/C22H32F3N3O5/c1-20(2,3)32-18(30)27-12-15-9-14(7-8-26-17(29)22(23,24)25)10-16(11-15)13-28-19(31)33-21(4,5)6/h9-11H,7-8,12-13H2,1-6H3,(H,26,29)(H,27,30)(H,28,31). The van der Waals surface area contributed by atoms with Crippen LogP contribution in [0.2, 0.25) is 0 Å². The van der Waals surface area contributed by atoms with E-state index in [9.17, 15) is 27.6 Å². The Hall–Kier alpha value is -2.98. The van der Waals surface area contributed by atoms with Crippen molar-refractivity contribution in [3.63, 3.8) is 0 Å². The molecule has 0 radical (unpaired) electrons. The Bertz CT molecular complexity index is 793. The van der Waals surface area contributed by atoms with E-state index in [1.807, 2.05) is 5.32 Å². The van der Waals surface area contributed by atoms with Crippen molar-refractivity contribution < 1.29 is 37.0 Å². The van der Waals surface area contributed by atoms with Crippen LogP contribution in [-0.4, -0.2) is 42.0 Å². The molecule has 8 nitrogen and oxygen atoms in total. The van der Waals surface area contributed by atoms with Crippen LogP contribution in [0.4, 0.5) is 22.8 Å². The van der Waals surface area contributed by atoms with E-state index in [-0.39, 0.29) is 26.1 Å². The summed E-state index contributed by atoms with van der Waals surface area (Å²) >= 11 is 0. The summed E-state index contributed by atoms with van der Waals surface area (Å²) < 4.78 is 47.5. The highest BCUT2D eigenvalue weighted by Crippen LogP contribution is 2.15. The van der Waals surface area contributed by atoms with Gasteiger partial charge in [-0.3, -0.25) is 4.79 Å². The number of amides is 3. The van der Waals surface area contributed by atoms with Gasteiger partial charge >= 0.3 is 24.3 Å². The van der Waals surface area contributed by atoms with Crippen molar-refractivity contribution >= 4 is 18.1 Å². The van der Waals surface area contributed by atoms with Crippen LogP contribution in [0.15, 0.2) is 18.2 Å². The minimum atomic E-state index is -4.96. The van der Waals surface area contributed by atoms with Gasteiger partial charge in [-0.2, -0.15) is 13.2 Å². The van der Waals surface area contributed by atoms with Crippen LogP contribution in [0.1, 0.15) is 58.2 Å². The summed E-state index contributed by atoms with van der Waals surface area (Å²) in [5.41, 5.74) is 0.543. The lowest BCUT2D eigenvalue weighted by Crippen LogP contribution is -2.37. The van der Waals surface area contributed by atoms with Crippen molar-refractivity contribution in [2.45, 2.75) is 78.4 Å². The van der Waals surface area contributed by atoms with Crippen LogP contribution >= 0.6 is 0 Å². The molecule has 3 N–H and O–H groups in total. The summed E-state index contributed by atoms with van der Waals surface area (Å²) in [6.07, 6.45) is -6.10. The molecule has 0 unspecified atom stereocenters. The smallest absolute Gasteiger partial charge is 0.444 e. The van der Waals surface area contributed by atoms with Gasteiger partial charge in [0.15, 0.2) is 0 Å². The second-order valence-electron chi connectivity index (χ2n) is 9.37. The average molecular weight is 476 g/mol. The topological polar surface area (TPSA) is 106 Å². The molecule has 0 saturated heterocycles. The monoisotopic (exact) mass is 475 g/mol. The Kier molecular flexibility index (Phi) is 9.56. The fourth-order valence-corrected chi connectivity index (χ4v) is 2.59. The van der Waals surface area contributed by atoms with Gasteiger partial charge in [0.2, 0.25) is 0 Å². The van der Waals surface area contributed by atoms with E-state index in [1.165, 1.54) is 0 Å². The van der Waals surface area contributed by atoms with Gasteiger partial charge in [0.25, 0.3) is 0 Å². The van der Waals surface area contributed by atoms with Crippen LogP contribution in [0.5, 0.6) is 0 Å². The zero-order valence-electron chi connectivity index (χ0n) is 19.7. The second kappa shape index (κ2) is 11.2. The first-order valence-corrected chi connectivity index (χ1v) is 10.3. The number of hydrogen-bond donors (Lipinski definition) is 3. The van der Waals surface area contributed by atoms with Crippen molar-refractivity contribution in [1.29, 1.82) is 0 Å². The zero-order valence-corrected chi connectivity index (χ0v) is 19.7. The van der Waals surface area contributed by atoms with Crippen LogP contribution in [0, 0.1) is 0 Å². The van der Waals surface area contributed by atoms with Gasteiger partial charge in [0.1, 0.15) is 11.2 Å². The van der Waals surface area contributed by atoms with Crippen molar-refractivity contribution in [1.82, 2.24) is 16.0 Å². The molecule has 0 atom stereocenters. The van der Waals surface area contributed by atoms with E-state index in [1.54, 1.807) is 59.7 Å². The third kappa shape index (κ3) is 12.6. The predicted molar refractivity (Wildman–Crippen MR) is 115 cm³/mol.